The highest BCUT2D eigenvalue weighted by Gasteiger charge is 2.38. The van der Waals surface area contributed by atoms with E-state index in [1.165, 1.54) is 9.47 Å². The molecule has 216 valence electrons. The summed E-state index contributed by atoms with van der Waals surface area (Å²) < 4.78 is 82.4. The van der Waals surface area contributed by atoms with Crippen LogP contribution in [0.5, 0.6) is 0 Å². The van der Waals surface area contributed by atoms with Gasteiger partial charge in [-0.3, -0.25) is 9.59 Å². The lowest BCUT2D eigenvalue weighted by Gasteiger charge is -2.25. The predicted octanol–water partition coefficient (Wildman–Crippen LogP) is 6.46. The number of aromatic nitrogens is 2. The van der Waals surface area contributed by atoms with Crippen LogP contribution in [0.2, 0.25) is 0 Å². The van der Waals surface area contributed by atoms with Gasteiger partial charge in [0.2, 0.25) is 0 Å². The number of fused-ring (bicyclic) bond motifs is 2. The molecule has 6 nitrogen and oxygen atoms in total. The number of rotatable bonds is 4. The van der Waals surface area contributed by atoms with Gasteiger partial charge < -0.3 is 9.47 Å². The van der Waals surface area contributed by atoms with E-state index in [1.54, 1.807) is 49.4 Å². The fraction of sp³-hybridized carbons (Fsp3) is 0.267. The van der Waals surface area contributed by atoms with Crippen molar-refractivity contribution in [2.45, 2.75) is 38.8 Å². The summed E-state index contributed by atoms with van der Waals surface area (Å²) in [5.74, 6) is -1.12. The van der Waals surface area contributed by atoms with Gasteiger partial charge in [-0.1, -0.05) is 43.3 Å². The minimum atomic E-state index is -5.04. The van der Waals surface area contributed by atoms with Crippen molar-refractivity contribution in [3.63, 3.8) is 0 Å². The number of nitrogens with zero attached hydrogens (tertiary/aromatic N) is 4. The van der Waals surface area contributed by atoms with Gasteiger partial charge in [0, 0.05) is 30.6 Å². The monoisotopic (exact) mass is 584 g/mol. The van der Waals surface area contributed by atoms with Gasteiger partial charge >= 0.3 is 12.4 Å². The van der Waals surface area contributed by atoms with E-state index < -0.39 is 47.4 Å². The van der Waals surface area contributed by atoms with Gasteiger partial charge in [0.1, 0.15) is 11.2 Å². The standard InChI is InChI=1S/C30H22F6N4O2/c1-17-14-39(16-18-11-20(29(31,32)33)13-21(12-18)30(34,35)36)28(42)26-24(19-5-3-2-4-6-19)23-8-7-22(9-10-37)38-25(23)27(41)40(26)15-17/h2-8,11-13,17H,9,14-16H2,1H3/t17-/m0/s1. The molecule has 1 amide bonds. The number of pyridine rings is 2. The van der Waals surface area contributed by atoms with Gasteiger partial charge in [0.25, 0.3) is 11.5 Å². The molecule has 4 aromatic rings. The number of hydrogen-bond donors (Lipinski definition) is 0. The number of nitriles is 1. The van der Waals surface area contributed by atoms with Gasteiger partial charge in [-0.05, 0) is 41.3 Å². The van der Waals surface area contributed by atoms with Crippen molar-refractivity contribution in [3.8, 4) is 17.2 Å². The summed E-state index contributed by atoms with van der Waals surface area (Å²) in [5, 5.41) is 9.45. The second-order valence-corrected chi connectivity index (χ2v) is 10.2. The third-order valence-corrected chi connectivity index (χ3v) is 7.04. The van der Waals surface area contributed by atoms with Crippen LogP contribution in [0.4, 0.5) is 26.3 Å². The van der Waals surface area contributed by atoms with Crippen LogP contribution in [0.25, 0.3) is 22.0 Å². The van der Waals surface area contributed by atoms with Crippen molar-refractivity contribution in [3.05, 3.63) is 99.1 Å². The smallest absolute Gasteiger partial charge is 0.333 e. The number of benzene rings is 2. The fourth-order valence-corrected chi connectivity index (χ4v) is 5.27. The van der Waals surface area contributed by atoms with Crippen molar-refractivity contribution in [1.29, 1.82) is 5.26 Å². The van der Waals surface area contributed by atoms with E-state index >= 15 is 0 Å². The Balaban J connectivity index is 1.72. The van der Waals surface area contributed by atoms with Crippen molar-refractivity contribution in [1.82, 2.24) is 14.5 Å². The summed E-state index contributed by atoms with van der Waals surface area (Å²) in [7, 11) is 0. The highest BCUT2D eigenvalue weighted by atomic mass is 19.4. The lowest BCUT2D eigenvalue weighted by atomic mass is 9.97. The average molecular weight is 585 g/mol. The molecule has 0 unspecified atom stereocenters. The lowest BCUT2D eigenvalue weighted by molar-refractivity contribution is -0.143. The van der Waals surface area contributed by atoms with Gasteiger partial charge in [-0.15, -0.1) is 0 Å². The molecular formula is C30H22F6N4O2. The average Bonchev–Trinajstić information content (AvgIpc) is 3.05. The van der Waals surface area contributed by atoms with E-state index in [-0.39, 0.29) is 42.4 Å². The molecule has 5 rings (SSSR count). The van der Waals surface area contributed by atoms with Crippen molar-refractivity contribution in [2.75, 3.05) is 6.54 Å². The number of alkyl halides is 6. The van der Waals surface area contributed by atoms with E-state index in [2.05, 4.69) is 4.98 Å². The van der Waals surface area contributed by atoms with Crippen LogP contribution in [0, 0.1) is 17.2 Å². The Hall–Kier alpha value is -4.66. The molecule has 2 aromatic carbocycles. The summed E-state index contributed by atoms with van der Waals surface area (Å²) >= 11 is 0. The van der Waals surface area contributed by atoms with Gasteiger partial charge in [0.15, 0.2) is 0 Å². The van der Waals surface area contributed by atoms with Crippen molar-refractivity contribution >= 4 is 16.8 Å². The maximum absolute atomic E-state index is 14.2. The molecule has 0 fully saturated rings. The van der Waals surface area contributed by atoms with E-state index in [1.807, 2.05) is 6.07 Å². The van der Waals surface area contributed by atoms with Crippen LogP contribution in [-0.4, -0.2) is 26.9 Å². The molecular weight excluding hydrogens is 562 g/mol. The summed E-state index contributed by atoms with van der Waals surface area (Å²) in [4.78, 5) is 33.5. The first-order chi connectivity index (χ1) is 19.8. The zero-order valence-corrected chi connectivity index (χ0v) is 22.1. The molecule has 1 atom stereocenters. The zero-order chi connectivity index (χ0) is 30.4. The summed E-state index contributed by atoms with van der Waals surface area (Å²) in [6, 6.07) is 15.0. The number of halogens is 6. The van der Waals surface area contributed by atoms with Crippen LogP contribution in [0.15, 0.2) is 65.5 Å². The molecule has 2 aromatic heterocycles. The highest BCUT2D eigenvalue weighted by Crippen LogP contribution is 2.38. The Bertz CT molecular complexity index is 1760. The molecule has 0 aliphatic carbocycles. The third kappa shape index (κ3) is 5.46. The first-order valence-electron chi connectivity index (χ1n) is 12.8. The van der Waals surface area contributed by atoms with E-state index in [4.69, 9.17) is 5.26 Å². The predicted molar refractivity (Wildman–Crippen MR) is 141 cm³/mol. The number of carbonyl (C=O) groups is 1. The molecule has 1 aliphatic heterocycles. The lowest BCUT2D eigenvalue weighted by Crippen LogP contribution is -2.34. The van der Waals surface area contributed by atoms with Crippen LogP contribution in [-0.2, 0) is 31.9 Å². The molecule has 3 heterocycles. The maximum atomic E-state index is 14.2. The molecule has 0 bridgehead atoms. The SMILES string of the molecule is C[C@H]1CN(Cc2cc(C(F)(F)F)cc(C(F)(F)F)c2)C(=O)c2c(-c3ccccc3)c3ccc(CC#N)nc3c(=O)n2C1. The summed E-state index contributed by atoms with van der Waals surface area (Å²) in [5.41, 5.74) is -2.61. The Morgan fingerprint density at radius 2 is 1.57 bits per heavy atom. The molecule has 0 N–H and O–H groups in total. The number of amides is 1. The third-order valence-electron chi connectivity index (χ3n) is 7.04. The fourth-order valence-electron chi connectivity index (χ4n) is 5.27. The van der Waals surface area contributed by atoms with E-state index in [0.29, 0.717) is 34.3 Å². The zero-order valence-electron chi connectivity index (χ0n) is 22.1. The second-order valence-electron chi connectivity index (χ2n) is 10.2. The largest absolute Gasteiger partial charge is 0.416 e. The molecule has 0 saturated carbocycles. The van der Waals surface area contributed by atoms with Gasteiger partial charge in [0.05, 0.1) is 29.3 Å². The summed E-state index contributed by atoms with van der Waals surface area (Å²) in [6.07, 6.45) is -10.1. The second kappa shape index (κ2) is 10.6. The van der Waals surface area contributed by atoms with Gasteiger partial charge in [-0.25, -0.2) is 4.98 Å². The molecule has 0 spiro atoms. The van der Waals surface area contributed by atoms with E-state index in [9.17, 15) is 35.9 Å². The first kappa shape index (κ1) is 28.9. The quantitative estimate of drug-likeness (QED) is 0.258. The van der Waals surface area contributed by atoms with Gasteiger partial charge in [-0.2, -0.15) is 31.6 Å². The minimum Gasteiger partial charge on any atom is -0.333 e. The van der Waals surface area contributed by atoms with Crippen LogP contribution < -0.4 is 5.56 Å². The Kier molecular flexibility index (Phi) is 7.30. The Morgan fingerprint density at radius 1 is 0.929 bits per heavy atom. The van der Waals surface area contributed by atoms with Crippen LogP contribution in [0.1, 0.15) is 39.8 Å². The molecule has 0 radical (unpaired) electrons. The summed E-state index contributed by atoms with van der Waals surface area (Å²) in [6.45, 7) is 1.19. The van der Waals surface area contributed by atoms with Crippen LogP contribution >= 0.6 is 0 Å². The molecule has 12 heteroatoms. The van der Waals surface area contributed by atoms with Crippen molar-refractivity contribution < 1.29 is 31.1 Å². The van der Waals surface area contributed by atoms with Crippen LogP contribution in [0.3, 0.4) is 0 Å². The first-order valence-corrected chi connectivity index (χ1v) is 12.8. The minimum absolute atomic E-state index is 0.0325. The molecule has 42 heavy (non-hydrogen) atoms. The highest BCUT2D eigenvalue weighted by molar-refractivity contribution is 6.07. The molecule has 0 saturated heterocycles. The topological polar surface area (TPSA) is 79.0 Å². The number of carbonyl (C=O) groups excluding carboxylic acids is 1. The van der Waals surface area contributed by atoms with Crippen molar-refractivity contribution in [2.24, 2.45) is 5.92 Å². The number of hydrogen-bond acceptors (Lipinski definition) is 4. The Labute approximate surface area is 235 Å². The Morgan fingerprint density at radius 3 is 2.17 bits per heavy atom. The maximum Gasteiger partial charge on any atom is 0.416 e. The van der Waals surface area contributed by atoms with E-state index in [0.717, 1.165) is 0 Å². The molecule has 1 aliphatic rings. The normalized spacial score (nSPS) is 15.8.